The number of amides is 1. The van der Waals surface area contributed by atoms with E-state index >= 15 is 0 Å². The SMILES string of the molecule is Cc1cc2nc(CC(NC(=O)c3cnn(C(C)C)c3)c3ccc(F)cc3)cc(=O)n2[nH]1. The molecular formula is C22H23FN6O2. The fraction of sp³-hybridized carbons (Fsp3) is 0.273. The number of hydrogen-bond donors (Lipinski definition) is 2. The van der Waals surface area contributed by atoms with Gasteiger partial charge in [-0.1, -0.05) is 12.1 Å². The number of carbonyl (C=O) groups is 1. The molecule has 2 N–H and O–H groups in total. The topological polar surface area (TPSA) is 97.1 Å². The Bertz CT molecular complexity index is 1290. The van der Waals surface area contributed by atoms with Gasteiger partial charge in [0, 0.05) is 36.5 Å². The van der Waals surface area contributed by atoms with Gasteiger partial charge in [0.05, 0.1) is 23.5 Å². The van der Waals surface area contributed by atoms with Gasteiger partial charge in [0.15, 0.2) is 5.65 Å². The van der Waals surface area contributed by atoms with Gasteiger partial charge >= 0.3 is 0 Å². The first-order valence-corrected chi connectivity index (χ1v) is 9.99. The summed E-state index contributed by atoms with van der Waals surface area (Å²) in [6.07, 6.45) is 3.46. The van der Waals surface area contributed by atoms with E-state index in [1.54, 1.807) is 29.1 Å². The molecule has 3 heterocycles. The molecule has 1 aromatic carbocycles. The number of fused-ring (bicyclic) bond motifs is 1. The number of benzene rings is 1. The van der Waals surface area contributed by atoms with Crippen LogP contribution in [-0.2, 0) is 6.42 Å². The molecule has 0 bridgehead atoms. The van der Waals surface area contributed by atoms with Gasteiger partial charge in [0.2, 0.25) is 0 Å². The summed E-state index contributed by atoms with van der Waals surface area (Å²) in [5.74, 6) is -0.677. The number of halogens is 1. The summed E-state index contributed by atoms with van der Waals surface area (Å²) in [5, 5.41) is 10.1. The lowest BCUT2D eigenvalue weighted by atomic mass is 10.0. The maximum Gasteiger partial charge on any atom is 0.272 e. The first-order valence-electron chi connectivity index (χ1n) is 9.99. The molecule has 4 rings (SSSR count). The molecule has 0 aliphatic rings. The van der Waals surface area contributed by atoms with Gasteiger partial charge in [0.25, 0.3) is 11.5 Å². The van der Waals surface area contributed by atoms with Gasteiger partial charge in [0.1, 0.15) is 5.82 Å². The van der Waals surface area contributed by atoms with Crippen molar-refractivity contribution in [3.05, 3.63) is 87.5 Å². The Morgan fingerprint density at radius 1 is 1.23 bits per heavy atom. The van der Waals surface area contributed by atoms with Gasteiger partial charge in [-0.3, -0.25) is 19.4 Å². The third-order valence-electron chi connectivity index (χ3n) is 5.02. The van der Waals surface area contributed by atoms with Crippen LogP contribution in [0.5, 0.6) is 0 Å². The van der Waals surface area contributed by atoms with Crippen molar-refractivity contribution in [1.29, 1.82) is 0 Å². The number of carbonyl (C=O) groups excluding carboxylic acids is 1. The van der Waals surface area contributed by atoms with Crippen LogP contribution < -0.4 is 10.9 Å². The maximum atomic E-state index is 13.5. The third-order valence-corrected chi connectivity index (χ3v) is 5.02. The molecule has 1 amide bonds. The quantitative estimate of drug-likeness (QED) is 0.499. The molecule has 3 aromatic heterocycles. The van der Waals surface area contributed by atoms with Crippen LogP contribution in [0.2, 0.25) is 0 Å². The smallest absolute Gasteiger partial charge is 0.272 e. The van der Waals surface area contributed by atoms with Gasteiger partial charge in [-0.2, -0.15) is 5.10 Å². The molecule has 0 saturated heterocycles. The number of nitrogens with zero attached hydrogens (tertiary/aromatic N) is 4. The Balaban J connectivity index is 1.65. The molecule has 0 radical (unpaired) electrons. The first kappa shape index (κ1) is 20.5. The number of H-pyrrole nitrogens is 1. The normalized spacial score (nSPS) is 12.4. The summed E-state index contributed by atoms with van der Waals surface area (Å²) in [7, 11) is 0. The van der Waals surface area contributed by atoms with Crippen LogP contribution in [0, 0.1) is 12.7 Å². The lowest BCUT2D eigenvalue weighted by Crippen LogP contribution is -2.30. The molecule has 8 nitrogen and oxygen atoms in total. The molecule has 31 heavy (non-hydrogen) atoms. The van der Waals surface area contributed by atoms with Crippen molar-refractivity contribution < 1.29 is 9.18 Å². The van der Waals surface area contributed by atoms with E-state index in [4.69, 9.17) is 0 Å². The predicted octanol–water partition coefficient (Wildman–Crippen LogP) is 2.96. The lowest BCUT2D eigenvalue weighted by Gasteiger charge is -2.19. The number of aryl methyl sites for hydroxylation is 1. The summed E-state index contributed by atoms with van der Waals surface area (Å²) < 4.78 is 16.5. The van der Waals surface area contributed by atoms with Crippen LogP contribution in [0.15, 0.2) is 53.6 Å². The molecule has 0 fully saturated rings. The number of aromatic nitrogens is 5. The van der Waals surface area contributed by atoms with E-state index in [0.717, 1.165) is 5.69 Å². The zero-order valence-corrected chi connectivity index (χ0v) is 17.5. The second kappa shape index (κ2) is 8.17. The summed E-state index contributed by atoms with van der Waals surface area (Å²) in [5.41, 5.74) is 2.73. The number of nitrogens with one attached hydrogen (secondary N) is 2. The van der Waals surface area contributed by atoms with E-state index in [9.17, 15) is 14.0 Å². The highest BCUT2D eigenvalue weighted by Crippen LogP contribution is 2.19. The van der Waals surface area contributed by atoms with Crippen LogP contribution >= 0.6 is 0 Å². The van der Waals surface area contributed by atoms with Crippen molar-refractivity contribution in [2.75, 3.05) is 0 Å². The van der Waals surface area contributed by atoms with E-state index in [2.05, 4.69) is 20.5 Å². The summed E-state index contributed by atoms with van der Waals surface area (Å²) in [6, 6.07) is 8.73. The van der Waals surface area contributed by atoms with Crippen molar-refractivity contribution >= 4 is 11.6 Å². The number of hydrogen-bond acceptors (Lipinski definition) is 4. The van der Waals surface area contributed by atoms with Gasteiger partial charge in [-0.05, 0) is 38.5 Å². The molecular weight excluding hydrogens is 399 g/mol. The Kier molecular flexibility index (Phi) is 5.41. The zero-order valence-electron chi connectivity index (χ0n) is 17.5. The maximum absolute atomic E-state index is 13.5. The van der Waals surface area contributed by atoms with E-state index in [0.29, 0.717) is 22.5 Å². The lowest BCUT2D eigenvalue weighted by molar-refractivity contribution is 0.0936. The highest BCUT2D eigenvalue weighted by atomic mass is 19.1. The summed E-state index contributed by atoms with van der Waals surface area (Å²) in [4.78, 5) is 29.8. The molecule has 0 saturated carbocycles. The molecule has 1 unspecified atom stereocenters. The summed E-state index contributed by atoms with van der Waals surface area (Å²) in [6.45, 7) is 5.78. The van der Waals surface area contributed by atoms with Crippen molar-refractivity contribution in [3.63, 3.8) is 0 Å². The molecule has 0 aliphatic heterocycles. The average molecular weight is 422 g/mol. The van der Waals surface area contributed by atoms with E-state index in [1.165, 1.54) is 28.9 Å². The Morgan fingerprint density at radius 3 is 2.65 bits per heavy atom. The second-order valence-corrected chi connectivity index (χ2v) is 7.80. The standard InChI is InChI=1S/C22H23FN6O2/c1-13(2)28-12-16(11-24-28)22(31)26-19(15-4-6-17(23)7-5-15)9-18-10-21(30)29-20(25-18)8-14(3)27-29/h4-8,10-13,19,27H,9H2,1-3H3,(H,26,31). The van der Waals surface area contributed by atoms with E-state index < -0.39 is 6.04 Å². The fourth-order valence-corrected chi connectivity index (χ4v) is 3.40. The molecule has 0 aliphatic carbocycles. The zero-order chi connectivity index (χ0) is 22.1. The number of rotatable bonds is 6. The van der Waals surface area contributed by atoms with Crippen molar-refractivity contribution in [2.24, 2.45) is 0 Å². The molecule has 1 atom stereocenters. The second-order valence-electron chi connectivity index (χ2n) is 7.80. The van der Waals surface area contributed by atoms with Gasteiger partial charge in [-0.15, -0.1) is 0 Å². The van der Waals surface area contributed by atoms with Crippen LogP contribution in [0.25, 0.3) is 5.65 Å². The predicted molar refractivity (Wildman–Crippen MR) is 113 cm³/mol. The van der Waals surface area contributed by atoms with Crippen molar-refractivity contribution in [1.82, 2.24) is 29.7 Å². The van der Waals surface area contributed by atoms with Gasteiger partial charge < -0.3 is 5.32 Å². The molecule has 4 aromatic rings. The van der Waals surface area contributed by atoms with E-state index in [-0.39, 0.29) is 29.7 Å². The minimum atomic E-state index is -0.509. The highest BCUT2D eigenvalue weighted by Gasteiger charge is 2.20. The monoisotopic (exact) mass is 422 g/mol. The summed E-state index contributed by atoms with van der Waals surface area (Å²) >= 11 is 0. The Hall–Kier alpha value is -3.75. The Labute approximate surface area is 177 Å². The van der Waals surface area contributed by atoms with Gasteiger partial charge in [-0.25, -0.2) is 13.9 Å². The fourth-order valence-electron chi connectivity index (χ4n) is 3.40. The van der Waals surface area contributed by atoms with Crippen molar-refractivity contribution in [2.45, 2.75) is 39.3 Å². The first-order chi connectivity index (χ1) is 14.8. The molecule has 9 heteroatoms. The van der Waals surface area contributed by atoms with Crippen LogP contribution in [0.3, 0.4) is 0 Å². The third kappa shape index (κ3) is 4.40. The van der Waals surface area contributed by atoms with Crippen LogP contribution in [-0.4, -0.2) is 30.3 Å². The largest absolute Gasteiger partial charge is 0.345 e. The minimum absolute atomic E-state index is 0.128. The Morgan fingerprint density at radius 2 is 1.97 bits per heavy atom. The average Bonchev–Trinajstić information content (AvgIpc) is 3.35. The number of aromatic amines is 1. The minimum Gasteiger partial charge on any atom is -0.345 e. The van der Waals surface area contributed by atoms with E-state index in [1.807, 2.05) is 20.8 Å². The van der Waals surface area contributed by atoms with Crippen LogP contribution in [0.4, 0.5) is 4.39 Å². The van der Waals surface area contributed by atoms with Crippen LogP contribution in [0.1, 0.15) is 53.2 Å². The van der Waals surface area contributed by atoms with Crippen molar-refractivity contribution in [3.8, 4) is 0 Å². The molecule has 160 valence electrons. The molecule has 0 spiro atoms. The highest BCUT2D eigenvalue weighted by molar-refractivity contribution is 5.94.